The third kappa shape index (κ3) is 2.13. The van der Waals surface area contributed by atoms with E-state index in [0.717, 1.165) is 4.90 Å². The zero-order valence-electron chi connectivity index (χ0n) is 7.64. The van der Waals surface area contributed by atoms with Gasteiger partial charge in [0.05, 0.1) is 0 Å². The van der Waals surface area contributed by atoms with Gasteiger partial charge in [0, 0.05) is 22.9 Å². The molecule has 6 nitrogen and oxygen atoms in total. The van der Waals surface area contributed by atoms with Crippen molar-refractivity contribution in [2.75, 3.05) is 0 Å². The zero-order valence-corrected chi connectivity index (χ0v) is 8.45. The van der Waals surface area contributed by atoms with Gasteiger partial charge in [-0.25, -0.2) is 4.98 Å². The molecule has 0 aromatic carbocycles. The number of H-pyrrole nitrogens is 1. The number of rotatable bonds is 3. The predicted molar refractivity (Wildman–Crippen MR) is 55.8 cm³/mol. The van der Waals surface area contributed by atoms with Crippen molar-refractivity contribution in [1.29, 1.82) is 5.41 Å². The van der Waals surface area contributed by atoms with Gasteiger partial charge in [0.1, 0.15) is 12.2 Å². The first kappa shape index (κ1) is 9.66. The van der Waals surface area contributed by atoms with E-state index in [1.54, 1.807) is 18.5 Å². The van der Waals surface area contributed by atoms with Crippen LogP contribution in [-0.4, -0.2) is 26.0 Å². The first-order valence-corrected chi connectivity index (χ1v) is 4.90. The summed E-state index contributed by atoms with van der Waals surface area (Å²) in [5, 5.41) is 14.5. The Bertz CT molecular complexity index is 466. The van der Waals surface area contributed by atoms with Crippen LogP contribution in [-0.2, 0) is 0 Å². The fourth-order valence-electron chi connectivity index (χ4n) is 1.03. The first-order valence-electron chi connectivity index (χ1n) is 4.09. The molecule has 0 bridgehead atoms. The van der Waals surface area contributed by atoms with Crippen LogP contribution in [0.3, 0.4) is 0 Å². The maximum atomic E-state index is 7.40. The van der Waals surface area contributed by atoms with Crippen LogP contribution >= 0.6 is 11.8 Å². The molecular formula is C8H8N6S. The summed E-state index contributed by atoms with van der Waals surface area (Å²) < 4.78 is 0. The fraction of sp³-hybridized carbons (Fsp3) is 0. The summed E-state index contributed by atoms with van der Waals surface area (Å²) in [5.74, 6) is 0.0133. The van der Waals surface area contributed by atoms with E-state index in [0.29, 0.717) is 10.7 Å². The molecule has 4 N–H and O–H groups in total. The molecule has 0 radical (unpaired) electrons. The van der Waals surface area contributed by atoms with Crippen LogP contribution in [0.4, 0.5) is 0 Å². The quantitative estimate of drug-likeness (QED) is 0.520. The van der Waals surface area contributed by atoms with E-state index < -0.39 is 0 Å². The highest BCUT2D eigenvalue weighted by Crippen LogP contribution is 2.26. The largest absolute Gasteiger partial charge is 0.384 e. The molecule has 0 atom stereocenters. The molecule has 0 aliphatic rings. The highest BCUT2D eigenvalue weighted by molar-refractivity contribution is 7.99. The Kier molecular flexibility index (Phi) is 2.64. The molecule has 0 unspecified atom stereocenters. The van der Waals surface area contributed by atoms with Gasteiger partial charge in [-0.3, -0.25) is 15.5 Å². The molecule has 0 aliphatic carbocycles. The Morgan fingerprint density at radius 2 is 2.40 bits per heavy atom. The highest BCUT2D eigenvalue weighted by Gasteiger charge is 2.08. The summed E-state index contributed by atoms with van der Waals surface area (Å²) in [6.07, 6.45) is 4.66. The Labute approximate surface area is 89.8 Å². The lowest BCUT2D eigenvalue weighted by molar-refractivity contribution is 0.972. The number of nitrogen functional groups attached to an aromatic ring is 1. The summed E-state index contributed by atoms with van der Waals surface area (Å²) in [6, 6.07) is 1.70. The Morgan fingerprint density at radius 1 is 1.53 bits per heavy atom. The molecule has 2 aromatic rings. The van der Waals surface area contributed by atoms with Crippen molar-refractivity contribution in [3.05, 3.63) is 30.4 Å². The van der Waals surface area contributed by atoms with E-state index in [-0.39, 0.29) is 5.84 Å². The predicted octanol–water partition coefficient (Wildman–Crippen LogP) is 0.635. The molecule has 2 heterocycles. The van der Waals surface area contributed by atoms with Gasteiger partial charge in [-0.2, -0.15) is 5.10 Å². The Balaban J connectivity index is 2.32. The summed E-state index contributed by atoms with van der Waals surface area (Å²) in [6.45, 7) is 0. The van der Waals surface area contributed by atoms with E-state index in [1.807, 2.05) is 0 Å². The maximum absolute atomic E-state index is 7.40. The van der Waals surface area contributed by atoms with Crippen LogP contribution in [0.25, 0.3) is 0 Å². The summed E-state index contributed by atoms with van der Waals surface area (Å²) in [5.41, 5.74) is 6.08. The van der Waals surface area contributed by atoms with Crippen molar-refractivity contribution < 1.29 is 0 Å². The molecule has 15 heavy (non-hydrogen) atoms. The van der Waals surface area contributed by atoms with Crippen LogP contribution < -0.4 is 5.73 Å². The number of amidine groups is 1. The average molecular weight is 220 g/mol. The number of aromatic nitrogens is 4. The number of hydrogen-bond acceptors (Lipinski definition) is 5. The first-order chi connectivity index (χ1) is 7.27. The molecule has 0 saturated heterocycles. The second kappa shape index (κ2) is 4.09. The summed E-state index contributed by atoms with van der Waals surface area (Å²) in [7, 11) is 0. The molecule has 7 heteroatoms. The van der Waals surface area contributed by atoms with E-state index in [1.165, 1.54) is 18.1 Å². The van der Waals surface area contributed by atoms with Crippen molar-refractivity contribution >= 4 is 17.6 Å². The SMILES string of the molecule is N=C(N)c1ccncc1Sc1ncn[nH]1. The smallest absolute Gasteiger partial charge is 0.188 e. The fourth-order valence-corrected chi connectivity index (χ4v) is 1.84. The Morgan fingerprint density at radius 3 is 3.07 bits per heavy atom. The van der Waals surface area contributed by atoms with Gasteiger partial charge < -0.3 is 5.73 Å². The van der Waals surface area contributed by atoms with Crippen molar-refractivity contribution in [2.24, 2.45) is 5.73 Å². The number of nitrogens with zero attached hydrogens (tertiary/aromatic N) is 3. The van der Waals surface area contributed by atoms with Gasteiger partial charge in [0.15, 0.2) is 5.16 Å². The van der Waals surface area contributed by atoms with Gasteiger partial charge in [-0.05, 0) is 17.8 Å². The number of nitrogens with two attached hydrogens (primary N) is 1. The van der Waals surface area contributed by atoms with Crippen molar-refractivity contribution in [3.8, 4) is 0 Å². The topological polar surface area (TPSA) is 104 Å². The molecule has 76 valence electrons. The van der Waals surface area contributed by atoms with E-state index in [9.17, 15) is 0 Å². The lowest BCUT2D eigenvalue weighted by Gasteiger charge is -2.03. The molecule has 2 rings (SSSR count). The van der Waals surface area contributed by atoms with Gasteiger partial charge >= 0.3 is 0 Å². The third-order valence-corrected chi connectivity index (χ3v) is 2.61. The van der Waals surface area contributed by atoms with Crippen molar-refractivity contribution in [3.63, 3.8) is 0 Å². The van der Waals surface area contributed by atoms with Gasteiger partial charge in [0.2, 0.25) is 0 Å². The normalized spacial score (nSPS) is 10.1. The third-order valence-electron chi connectivity index (χ3n) is 1.67. The summed E-state index contributed by atoms with van der Waals surface area (Å²) >= 11 is 1.34. The Hall–Kier alpha value is -1.89. The highest BCUT2D eigenvalue weighted by atomic mass is 32.2. The van der Waals surface area contributed by atoms with Gasteiger partial charge in [0.25, 0.3) is 0 Å². The number of aromatic amines is 1. The molecular weight excluding hydrogens is 212 g/mol. The molecule has 0 amide bonds. The van der Waals surface area contributed by atoms with Crippen molar-refractivity contribution in [2.45, 2.75) is 10.1 Å². The van der Waals surface area contributed by atoms with Gasteiger partial charge in [-0.15, -0.1) is 0 Å². The molecule has 0 aliphatic heterocycles. The number of pyridine rings is 1. The average Bonchev–Trinajstić information content (AvgIpc) is 2.71. The van der Waals surface area contributed by atoms with Gasteiger partial charge in [-0.1, -0.05) is 0 Å². The monoisotopic (exact) mass is 220 g/mol. The number of nitrogens with one attached hydrogen (secondary N) is 2. The summed E-state index contributed by atoms with van der Waals surface area (Å²) in [4.78, 5) is 8.72. The lowest BCUT2D eigenvalue weighted by atomic mass is 10.2. The van der Waals surface area contributed by atoms with Crippen LogP contribution in [0.1, 0.15) is 5.56 Å². The van der Waals surface area contributed by atoms with E-state index in [4.69, 9.17) is 11.1 Å². The molecule has 2 aromatic heterocycles. The van der Waals surface area contributed by atoms with Crippen LogP contribution in [0.15, 0.2) is 34.8 Å². The van der Waals surface area contributed by atoms with Crippen LogP contribution in [0.2, 0.25) is 0 Å². The minimum Gasteiger partial charge on any atom is -0.384 e. The number of hydrogen-bond donors (Lipinski definition) is 3. The molecule has 0 spiro atoms. The second-order valence-electron chi connectivity index (χ2n) is 2.68. The minimum atomic E-state index is 0.0133. The maximum Gasteiger partial charge on any atom is 0.188 e. The lowest BCUT2D eigenvalue weighted by Crippen LogP contribution is -2.12. The second-order valence-corrected chi connectivity index (χ2v) is 3.71. The minimum absolute atomic E-state index is 0.0133. The van der Waals surface area contributed by atoms with E-state index >= 15 is 0 Å². The van der Waals surface area contributed by atoms with Crippen LogP contribution in [0, 0.1) is 5.41 Å². The van der Waals surface area contributed by atoms with Crippen molar-refractivity contribution in [1.82, 2.24) is 20.2 Å². The van der Waals surface area contributed by atoms with Crippen LogP contribution in [0.5, 0.6) is 0 Å². The standard InChI is InChI=1S/C8H8N6S/c9-7(10)5-1-2-11-3-6(5)15-8-12-4-13-14-8/h1-4H,(H3,9,10)(H,12,13,14). The molecule has 0 fully saturated rings. The zero-order chi connectivity index (χ0) is 10.7. The van der Waals surface area contributed by atoms with E-state index in [2.05, 4.69) is 20.2 Å². The molecule has 0 saturated carbocycles.